The number of hydrogen-bond acceptors (Lipinski definition) is 4. The molecule has 4 N–H and O–H groups in total. The highest BCUT2D eigenvalue weighted by molar-refractivity contribution is 6.06. The summed E-state index contributed by atoms with van der Waals surface area (Å²) in [6.07, 6.45) is 1.45. The zero-order chi connectivity index (χ0) is 13.1. The molecule has 0 bridgehead atoms. The lowest BCUT2D eigenvalue weighted by Gasteiger charge is -2.07. The van der Waals surface area contributed by atoms with Crippen LogP contribution in [-0.2, 0) is 0 Å². The van der Waals surface area contributed by atoms with E-state index in [-0.39, 0.29) is 5.91 Å². The van der Waals surface area contributed by atoms with E-state index < -0.39 is 0 Å². The Hall–Kier alpha value is -2.81. The van der Waals surface area contributed by atoms with Gasteiger partial charge in [-0.15, -0.1) is 0 Å². The Morgan fingerprint density at radius 3 is 2.89 bits per heavy atom. The number of nitrogens with one attached hydrogen (secondary N) is 2. The number of aryl methyl sites for hydroxylation is 1. The first-order valence-electron chi connectivity index (χ1n) is 5.22. The summed E-state index contributed by atoms with van der Waals surface area (Å²) in [6, 6.07) is 6.68. The average molecular weight is 241 g/mol. The molecule has 1 aromatic carbocycles. The normalized spacial score (nSPS) is 9.78. The van der Waals surface area contributed by atoms with Gasteiger partial charge in [-0.1, -0.05) is 0 Å². The standard InChI is InChI=1S/C12H11N5O/c1-7-9(6-15-17-7)12(18)16-11-3-2-8(5-13)4-10(11)14/h2-4,6H,14H2,1H3,(H,15,17)(H,16,18). The molecule has 0 fully saturated rings. The maximum absolute atomic E-state index is 11.9. The number of anilines is 2. The summed E-state index contributed by atoms with van der Waals surface area (Å²) in [5.41, 5.74) is 8.16. The Kier molecular flexibility index (Phi) is 2.98. The second-order valence-electron chi connectivity index (χ2n) is 3.78. The van der Waals surface area contributed by atoms with Gasteiger partial charge in [-0.05, 0) is 25.1 Å². The molecule has 0 aliphatic rings. The van der Waals surface area contributed by atoms with E-state index in [0.717, 1.165) is 0 Å². The van der Waals surface area contributed by atoms with Gasteiger partial charge in [0.25, 0.3) is 5.91 Å². The molecule has 1 amide bonds. The highest BCUT2D eigenvalue weighted by atomic mass is 16.1. The van der Waals surface area contributed by atoms with Crippen LogP contribution in [0.25, 0.3) is 0 Å². The molecule has 0 saturated carbocycles. The quantitative estimate of drug-likeness (QED) is 0.691. The van der Waals surface area contributed by atoms with Crippen molar-refractivity contribution in [2.24, 2.45) is 0 Å². The van der Waals surface area contributed by atoms with Gasteiger partial charge in [0.1, 0.15) is 0 Å². The van der Waals surface area contributed by atoms with Gasteiger partial charge in [0.05, 0.1) is 34.8 Å². The predicted octanol–water partition coefficient (Wildman–Crippen LogP) is 1.42. The van der Waals surface area contributed by atoms with Crippen LogP contribution in [0.1, 0.15) is 21.6 Å². The van der Waals surface area contributed by atoms with Crippen LogP contribution in [0.15, 0.2) is 24.4 Å². The molecular formula is C12H11N5O. The number of nitrogens with zero attached hydrogens (tertiary/aromatic N) is 2. The van der Waals surface area contributed by atoms with Crippen molar-refractivity contribution >= 4 is 17.3 Å². The molecule has 1 aromatic heterocycles. The average Bonchev–Trinajstić information content (AvgIpc) is 2.78. The lowest BCUT2D eigenvalue weighted by molar-refractivity contribution is 0.102. The fourth-order valence-electron chi connectivity index (χ4n) is 1.52. The van der Waals surface area contributed by atoms with Gasteiger partial charge in [0.15, 0.2) is 0 Å². The van der Waals surface area contributed by atoms with Crippen LogP contribution < -0.4 is 11.1 Å². The van der Waals surface area contributed by atoms with Crippen molar-refractivity contribution in [2.75, 3.05) is 11.1 Å². The Morgan fingerprint density at radius 2 is 2.33 bits per heavy atom. The molecule has 0 aliphatic heterocycles. The predicted molar refractivity (Wildman–Crippen MR) is 66.8 cm³/mol. The lowest BCUT2D eigenvalue weighted by atomic mass is 10.1. The minimum atomic E-state index is -0.294. The second kappa shape index (κ2) is 4.59. The minimum Gasteiger partial charge on any atom is -0.397 e. The number of amides is 1. The van der Waals surface area contributed by atoms with Crippen LogP contribution in [0.5, 0.6) is 0 Å². The van der Waals surface area contributed by atoms with Crippen LogP contribution in [0, 0.1) is 18.3 Å². The summed E-state index contributed by atoms with van der Waals surface area (Å²) >= 11 is 0. The number of hydrogen-bond donors (Lipinski definition) is 3. The molecule has 0 radical (unpaired) electrons. The molecule has 6 nitrogen and oxygen atoms in total. The van der Waals surface area contributed by atoms with Gasteiger partial charge in [-0.3, -0.25) is 9.89 Å². The van der Waals surface area contributed by atoms with E-state index in [0.29, 0.717) is 28.2 Å². The van der Waals surface area contributed by atoms with E-state index in [9.17, 15) is 4.79 Å². The van der Waals surface area contributed by atoms with E-state index in [1.54, 1.807) is 19.1 Å². The number of aromatic amines is 1. The van der Waals surface area contributed by atoms with Crippen molar-refractivity contribution in [1.82, 2.24) is 10.2 Å². The van der Waals surface area contributed by atoms with E-state index in [1.165, 1.54) is 12.3 Å². The summed E-state index contributed by atoms with van der Waals surface area (Å²) in [6.45, 7) is 1.75. The van der Waals surface area contributed by atoms with E-state index in [4.69, 9.17) is 11.0 Å². The highest BCUT2D eigenvalue weighted by Gasteiger charge is 2.12. The molecule has 0 unspecified atom stereocenters. The number of aromatic nitrogens is 2. The van der Waals surface area contributed by atoms with Crippen molar-refractivity contribution in [1.29, 1.82) is 5.26 Å². The van der Waals surface area contributed by atoms with Crippen molar-refractivity contribution in [3.8, 4) is 6.07 Å². The second-order valence-corrected chi connectivity index (χ2v) is 3.78. The number of nitrogens with two attached hydrogens (primary N) is 1. The maximum Gasteiger partial charge on any atom is 0.259 e. The molecule has 2 rings (SSSR count). The van der Waals surface area contributed by atoms with Crippen LogP contribution in [0.2, 0.25) is 0 Å². The molecule has 90 valence electrons. The molecule has 0 atom stereocenters. The zero-order valence-electron chi connectivity index (χ0n) is 9.69. The molecule has 0 spiro atoms. The first-order chi connectivity index (χ1) is 8.61. The van der Waals surface area contributed by atoms with Gasteiger partial charge in [0, 0.05) is 5.69 Å². The van der Waals surface area contributed by atoms with Crippen LogP contribution in [0.3, 0.4) is 0 Å². The fraction of sp³-hybridized carbons (Fsp3) is 0.0833. The first kappa shape index (κ1) is 11.7. The largest absolute Gasteiger partial charge is 0.397 e. The lowest BCUT2D eigenvalue weighted by Crippen LogP contribution is -2.13. The highest BCUT2D eigenvalue weighted by Crippen LogP contribution is 2.20. The molecule has 6 heteroatoms. The van der Waals surface area contributed by atoms with Crippen LogP contribution in [-0.4, -0.2) is 16.1 Å². The Morgan fingerprint density at radius 1 is 1.56 bits per heavy atom. The van der Waals surface area contributed by atoms with Crippen molar-refractivity contribution < 1.29 is 4.79 Å². The first-order valence-corrected chi connectivity index (χ1v) is 5.22. The number of benzene rings is 1. The van der Waals surface area contributed by atoms with Gasteiger partial charge < -0.3 is 11.1 Å². The fourth-order valence-corrected chi connectivity index (χ4v) is 1.52. The number of carbonyl (C=O) groups excluding carboxylic acids is 1. The topological polar surface area (TPSA) is 108 Å². The Bertz CT molecular complexity index is 638. The minimum absolute atomic E-state index is 0.294. The third-order valence-electron chi connectivity index (χ3n) is 2.50. The smallest absolute Gasteiger partial charge is 0.259 e. The van der Waals surface area contributed by atoms with Crippen molar-refractivity contribution in [3.05, 3.63) is 41.2 Å². The number of nitriles is 1. The molecule has 0 saturated heterocycles. The van der Waals surface area contributed by atoms with E-state index in [1.807, 2.05) is 6.07 Å². The van der Waals surface area contributed by atoms with Gasteiger partial charge >= 0.3 is 0 Å². The van der Waals surface area contributed by atoms with E-state index >= 15 is 0 Å². The molecule has 18 heavy (non-hydrogen) atoms. The van der Waals surface area contributed by atoms with E-state index in [2.05, 4.69) is 15.5 Å². The number of H-pyrrole nitrogens is 1. The van der Waals surface area contributed by atoms with Gasteiger partial charge in [-0.2, -0.15) is 10.4 Å². The van der Waals surface area contributed by atoms with Gasteiger partial charge in [-0.25, -0.2) is 0 Å². The number of carbonyl (C=O) groups is 1. The molecule has 1 heterocycles. The maximum atomic E-state index is 11.9. The summed E-state index contributed by atoms with van der Waals surface area (Å²) in [7, 11) is 0. The van der Waals surface area contributed by atoms with Crippen LogP contribution in [0.4, 0.5) is 11.4 Å². The third kappa shape index (κ3) is 2.15. The zero-order valence-corrected chi connectivity index (χ0v) is 9.69. The number of nitrogen functional groups attached to an aromatic ring is 1. The Labute approximate surface area is 103 Å². The summed E-state index contributed by atoms with van der Waals surface area (Å²) < 4.78 is 0. The molecule has 2 aromatic rings. The summed E-state index contributed by atoms with van der Waals surface area (Å²) in [4.78, 5) is 11.9. The van der Waals surface area contributed by atoms with Crippen molar-refractivity contribution in [3.63, 3.8) is 0 Å². The summed E-state index contributed by atoms with van der Waals surface area (Å²) in [5.74, 6) is -0.294. The number of rotatable bonds is 2. The third-order valence-corrected chi connectivity index (χ3v) is 2.50. The monoisotopic (exact) mass is 241 g/mol. The van der Waals surface area contributed by atoms with Crippen molar-refractivity contribution in [2.45, 2.75) is 6.92 Å². The Balaban J connectivity index is 2.23. The van der Waals surface area contributed by atoms with Crippen LogP contribution >= 0.6 is 0 Å². The molecule has 0 aliphatic carbocycles. The molecular weight excluding hydrogens is 230 g/mol. The summed E-state index contributed by atoms with van der Waals surface area (Å²) in [5, 5.41) is 17.8. The SMILES string of the molecule is Cc1[nH]ncc1C(=O)Nc1ccc(C#N)cc1N. The van der Waals surface area contributed by atoms with Gasteiger partial charge in [0.2, 0.25) is 0 Å².